The largest absolute Gasteiger partial charge is 0.455 e. The first kappa shape index (κ1) is 16.8. The minimum absolute atomic E-state index is 0.0928. The molecular weight excluding hydrogens is 218 g/mol. The van der Waals surface area contributed by atoms with Crippen molar-refractivity contribution in [3.05, 3.63) is 12.2 Å². The molecule has 0 radical (unpaired) electrons. The summed E-state index contributed by atoms with van der Waals surface area (Å²) in [6.07, 6.45) is -0.624. The first-order valence-corrected chi connectivity index (χ1v) is 5.02. The molecule has 1 unspecified atom stereocenters. The van der Waals surface area contributed by atoms with Crippen LogP contribution in [0.2, 0.25) is 0 Å². The smallest absolute Gasteiger partial charge is 0.333 e. The maximum absolute atomic E-state index is 10.8. The summed E-state index contributed by atoms with van der Waals surface area (Å²) in [6.45, 7) is 4.65. The molecule has 0 rings (SSSR count). The monoisotopic (exact) mass is 237 g/mol. The van der Waals surface area contributed by atoms with E-state index in [0.717, 1.165) is 0 Å². The van der Waals surface area contributed by atoms with E-state index in [2.05, 4.69) is 11.3 Å². The van der Waals surface area contributed by atoms with Gasteiger partial charge in [0, 0.05) is 5.57 Å². The molecule has 1 N–H and O–H groups in total. The molecule has 5 heteroatoms. The molecule has 0 aromatic heterocycles. The minimum atomic E-state index is -0.624. The number of hydrogen-bond donors (Lipinski definition) is 1. The molecule has 0 spiro atoms. The van der Waals surface area contributed by atoms with Gasteiger partial charge in [-0.25, -0.2) is 4.79 Å². The van der Waals surface area contributed by atoms with E-state index in [1.165, 1.54) is 6.92 Å². The fraction of sp³-hybridized carbons (Fsp3) is 0.700. The number of halogens is 1. The van der Waals surface area contributed by atoms with Gasteiger partial charge < -0.3 is 14.7 Å². The quantitative estimate of drug-likeness (QED) is 0.448. The molecule has 0 fully saturated rings. The number of ether oxygens (including phenoxy) is 1. The van der Waals surface area contributed by atoms with Crippen LogP contribution >= 0.6 is 11.6 Å². The molecule has 90 valence electrons. The van der Waals surface area contributed by atoms with Crippen molar-refractivity contribution in [1.82, 2.24) is 4.90 Å². The standard InChI is InChI=1S/C7H11ClO3.C3H9N/c1-5(2)7(10)11-6(3-8)4-9;1-4(2)3/h6,9H,1,3-4H2,2H3;1-3H3. The van der Waals surface area contributed by atoms with Crippen LogP contribution in [0.15, 0.2) is 12.2 Å². The van der Waals surface area contributed by atoms with Gasteiger partial charge in [0.2, 0.25) is 0 Å². The van der Waals surface area contributed by atoms with Crippen molar-refractivity contribution in [2.24, 2.45) is 0 Å². The van der Waals surface area contributed by atoms with Gasteiger partial charge in [-0.2, -0.15) is 0 Å². The van der Waals surface area contributed by atoms with Crippen molar-refractivity contribution in [2.75, 3.05) is 33.6 Å². The molecule has 0 aromatic rings. The fourth-order valence-corrected chi connectivity index (χ4v) is 0.530. The number of carbonyl (C=O) groups excluding carboxylic acids is 1. The second kappa shape index (κ2) is 9.96. The van der Waals surface area contributed by atoms with E-state index in [1.807, 2.05) is 26.0 Å². The van der Waals surface area contributed by atoms with Gasteiger partial charge in [-0.1, -0.05) is 6.58 Å². The molecular formula is C10H20ClNO3. The molecule has 0 aliphatic heterocycles. The lowest BCUT2D eigenvalue weighted by molar-refractivity contribution is -0.144. The second-order valence-corrected chi connectivity index (χ2v) is 3.79. The number of alkyl halides is 1. The highest BCUT2D eigenvalue weighted by Crippen LogP contribution is 1.99. The molecule has 0 aliphatic rings. The molecule has 0 saturated carbocycles. The Morgan fingerprint density at radius 2 is 1.93 bits per heavy atom. The number of aliphatic hydroxyl groups is 1. The van der Waals surface area contributed by atoms with Gasteiger partial charge in [-0.15, -0.1) is 11.6 Å². The zero-order valence-corrected chi connectivity index (χ0v) is 10.5. The predicted octanol–water partition coefficient (Wildman–Crippen LogP) is 0.883. The van der Waals surface area contributed by atoms with Gasteiger partial charge in [-0.3, -0.25) is 0 Å². The highest BCUT2D eigenvalue weighted by molar-refractivity contribution is 6.18. The molecule has 15 heavy (non-hydrogen) atoms. The number of nitrogens with zero attached hydrogens (tertiary/aromatic N) is 1. The summed E-state index contributed by atoms with van der Waals surface area (Å²) in [5, 5.41) is 8.57. The van der Waals surface area contributed by atoms with Crippen molar-refractivity contribution >= 4 is 17.6 Å². The van der Waals surface area contributed by atoms with E-state index in [-0.39, 0.29) is 12.5 Å². The SMILES string of the molecule is C=C(C)C(=O)OC(CO)CCl.CN(C)C. The maximum Gasteiger partial charge on any atom is 0.333 e. The average molecular weight is 238 g/mol. The Morgan fingerprint density at radius 3 is 2.13 bits per heavy atom. The summed E-state index contributed by atoms with van der Waals surface area (Å²) in [4.78, 5) is 12.8. The maximum atomic E-state index is 10.8. The average Bonchev–Trinajstić information content (AvgIpc) is 2.12. The van der Waals surface area contributed by atoms with E-state index in [0.29, 0.717) is 5.57 Å². The van der Waals surface area contributed by atoms with Crippen LogP contribution in [0.3, 0.4) is 0 Å². The molecule has 0 aromatic carbocycles. The normalized spacial score (nSPS) is 11.4. The van der Waals surface area contributed by atoms with Gasteiger partial charge in [-0.05, 0) is 28.1 Å². The number of esters is 1. The Labute approximate surface area is 96.5 Å². The Morgan fingerprint density at radius 1 is 1.53 bits per heavy atom. The van der Waals surface area contributed by atoms with Crippen LogP contribution in [0.4, 0.5) is 0 Å². The minimum Gasteiger partial charge on any atom is -0.455 e. The van der Waals surface area contributed by atoms with Gasteiger partial charge in [0.05, 0.1) is 12.5 Å². The third-order valence-corrected chi connectivity index (χ3v) is 1.34. The van der Waals surface area contributed by atoms with Crippen molar-refractivity contribution in [3.8, 4) is 0 Å². The molecule has 0 heterocycles. The predicted molar refractivity (Wildman–Crippen MR) is 62.1 cm³/mol. The van der Waals surface area contributed by atoms with Crippen LogP contribution in [0.25, 0.3) is 0 Å². The molecule has 0 saturated heterocycles. The fourth-order valence-electron chi connectivity index (χ4n) is 0.370. The van der Waals surface area contributed by atoms with Crippen LogP contribution in [0, 0.1) is 0 Å². The Kier molecular flexibility index (Phi) is 11.2. The molecule has 0 amide bonds. The van der Waals surface area contributed by atoms with Crippen LogP contribution < -0.4 is 0 Å². The van der Waals surface area contributed by atoms with Gasteiger partial charge in [0.25, 0.3) is 0 Å². The highest BCUT2D eigenvalue weighted by Gasteiger charge is 2.11. The van der Waals surface area contributed by atoms with Crippen LogP contribution in [0.5, 0.6) is 0 Å². The second-order valence-electron chi connectivity index (χ2n) is 3.49. The van der Waals surface area contributed by atoms with Gasteiger partial charge in [0.1, 0.15) is 6.10 Å². The van der Waals surface area contributed by atoms with E-state index in [9.17, 15) is 4.79 Å². The van der Waals surface area contributed by atoms with Gasteiger partial charge >= 0.3 is 5.97 Å². The number of carbonyl (C=O) groups is 1. The first-order chi connectivity index (χ1) is 6.84. The van der Waals surface area contributed by atoms with E-state index in [1.54, 1.807) is 0 Å². The zero-order chi connectivity index (χ0) is 12.4. The molecule has 0 aliphatic carbocycles. The zero-order valence-electron chi connectivity index (χ0n) is 9.79. The lowest BCUT2D eigenvalue weighted by Gasteiger charge is -2.11. The van der Waals surface area contributed by atoms with Crippen molar-refractivity contribution in [3.63, 3.8) is 0 Å². The van der Waals surface area contributed by atoms with Crippen LogP contribution in [-0.4, -0.2) is 55.7 Å². The number of hydrogen-bond acceptors (Lipinski definition) is 4. The first-order valence-electron chi connectivity index (χ1n) is 4.49. The summed E-state index contributed by atoms with van der Waals surface area (Å²) in [7, 11) is 6.00. The van der Waals surface area contributed by atoms with Crippen molar-refractivity contribution < 1.29 is 14.6 Å². The summed E-state index contributed by atoms with van der Waals surface area (Å²) in [6, 6.07) is 0. The molecule has 0 bridgehead atoms. The summed E-state index contributed by atoms with van der Waals surface area (Å²) in [5.41, 5.74) is 0.300. The Balaban J connectivity index is 0. The number of aliphatic hydroxyl groups excluding tert-OH is 1. The van der Waals surface area contributed by atoms with E-state index in [4.69, 9.17) is 16.7 Å². The molecule has 1 atom stereocenters. The van der Waals surface area contributed by atoms with Crippen LogP contribution in [-0.2, 0) is 9.53 Å². The van der Waals surface area contributed by atoms with Crippen molar-refractivity contribution in [2.45, 2.75) is 13.0 Å². The lowest BCUT2D eigenvalue weighted by atomic mass is 10.3. The topological polar surface area (TPSA) is 49.8 Å². The van der Waals surface area contributed by atoms with Crippen molar-refractivity contribution in [1.29, 1.82) is 0 Å². The number of rotatable bonds is 4. The highest BCUT2D eigenvalue weighted by atomic mass is 35.5. The van der Waals surface area contributed by atoms with Crippen LogP contribution in [0.1, 0.15) is 6.92 Å². The summed E-state index contributed by atoms with van der Waals surface area (Å²) >= 11 is 5.35. The third-order valence-electron chi connectivity index (χ3n) is 0.998. The van der Waals surface area contributed by atoms with Gasteiger partial charge in [0.15, 0.2) is 0 Å². The Hall–Kier alpha value is -0.580. The molecule has 4 nitrogen and oxygen atoms in total. The van der Waals surface area contributed by atoms with E-state index < -0.39 is 12.1 Å². The van der Waals surface area contributed by atoms with E-state index >= 15 is 0 Å². The summed E-state index contributed by atoms with van der Waals surface area (Å²) < 4.78 is 4.69. The lowest BCUT2D eigenvalue weighted by Crippen LogP contribution is -2.23. The summed E-state index contributed by atoms with van der Waals surface area (Å²) in [5.74, 6) is -0.431. The Bertz CT molecular complexity index is 188. The third kappa shape index (κ3) is 13.4.